The van der Waals surface area contributed by atoms with Gasteiger partial charge in [0, 0.05) is 0 Å². The van der Waals surface area contributed by atoms with E-state index in [4.69, 9.17) is 0 Å². The molecule has 32 heavy (non-hydrogen) atoms. The van der Waals surface area contributed by atoms with Crippen molar-refractivity contribution in [2.75, 3.05) is 0 Å². The third-order valence-electron chi connectivity index (χ3n) is 12.9. The lowest BCUT2D eigenvalue weighted by molar-refractivity contribution is -0.219. The van der Waals surface area contributed by atoms with Crippen molar-refractivity contribution >= 4 is 5.97 Å². The van der Waals surface area contributed by atoms with Crippen LogP contribution in [0.15, 0.2) is 0 Å². The molecular weight excluding hydrogens is 396 g/mol. The molecule has 3 heteroatoms. The molecule has 0 amide bonds. The van der Waals surface area contributed by atoms with Gasteiger partial charge in [0.15, 0.2) is 0 Å². The van der Waals surface area contributed by atoms with Crippen LogP contribution in [-0.2, 0) is 4.79 Å². The van der Waals surface area contributed by atoms with Gasteiger partial charge < -0.3 is 10.2 Å². The third-order valence-corrected chi connectivity index (χ3v) is 12.9. The molecule has 5 aliphatic rings. The second-order valence-electron chi connectivity index (χ2n) is 14.4. The lowest BCUT2D eigenvalue weighted by Crippen LogP contribution is -2.63. The van der Waals surface area contributed by atoms with Gasteiger partial charge in [0.05, 0.1) is 11.5 Å². The van der Waals surface area contributed by atoms with Crippen LogP contribution in [0.4, 0.5) is 0 Å². The summed E-state index contributed by atoms with van der Waals surface area (Å²) in [6.07, 6.45) is 11.0. The normalized spacial score (nSPS) is 54.3. The molecule has 182 valence electrons. The number of fused-ring (bicyclic) bond motifs is 7. The van der Waals surface area contributed by atoms with Crippen LogP contribution >= 0.6 is 0 Å². The first-order valence-electron chi connectivity index (χ1n) is 13.8. The average Bonchev–Trinajstić information content (AvgIpc) is 3.12. The van der Waals surface area contributed by atoms with Crippen LogP contribution in [-0.4, -0.2) is 22.3 Å². The summed E-state index contributed by atoms with van der Waals surface area (Å²) in [5.74, 6) is 3.66. The molecule has 5 saturated carbocycles. The van der Waals surface area contributed by atoms with Gasteiger partial charge in [-0.2, -0.15) is 0 Å². The number of hydrogen-bond donors (Lipinski definition) is 2. The first-order chi connectivity index (χ1) is 14.9. The molecule has 5 fully saturated rings. The lowest BCUT2D eigenvalue weighted by atomic mass is 9.36. The van der Waals surface area contributed by atoms with E-state index in [1.165, 1.54) is 25.7 Å². The highest BCUT2D eigenvalue weighted by molar-refractivity contribution is 5.76. The van der Waals surface area contributed by atoms with Crippen molar-refractivity contribution in [3.63, 3.8) is 0 Å². The Hall–Kier alpha value is -0.570. The van der Waals surface area contributed by atoms with E-state index < -0.39 is 11.4 Å². The number of aliphatic hydroxyl groups excluding tert-OH is 1. The quantitative estimate of drug-likeness (QED) is 0.493. The maximum atomic E-state index is 12.7. The maximum Gasteiger partial charge on any atom is 0.309 e. The number of aliphatic carboxylic acids is 1. The van der Waals surface area contributed by atoms with Crippen molar-refractivity contribution in [1.29, 1.82) is 0 Å². The van der Waals surface area contributed by atoms with Gasteiger partial charge >= 0.3 is 5.97 Å². The fraction of sp³-hybridized carbons (Fsp3) is 0.966. The average molecular weight is 445 g/mol. The van der Waals surface area contributed by atoms with Crippen LogP contribution in [0, 0.1) is 63.1 Å². The minimum atomic E-state index is -0.491. The zero-order valence-corrected chi connectivity index (χ0v) is 21.5. The second-order valence-corrected chi connectivity index (χ2v) is 14.4. The van der Waals surface area contributed by atoms with E-state index in [0.717, 1.165) is 44.4 Å². The van der Waals surface area contributed by atoms with E-state index in [2.05, 4.69) is 41.5 Å². The molecule has 0 aromatic carbocycles. The highest BCUT2D eigenvalue weighted by Gasteiger charge is 2.68. The molecule has 5 rings (SSSR count). The van der Waals surface area contributed by atoms with E-state index in [-0.39, 0.29) is 11.5 Å². The summed E-state index contributed by atoms with van der Waals surface area (Å²) in [6, 6.07) is 0. The Bertz CT molecular complexity index is 772. The number of rotatable bonds is 2. The Kier molecular flexibility index (Phi) is 5.23. The van der Waals surface area contributed by atoms with Crippen molar-refractivity contribution in [3.05, 3.63) is 0 Å². The Labute approximate surface area is 196 Å². The van der Waals surface area contributed by atoms with E-state index in [1.54, 1.807) is 0 Å². The van der Waals surface area contributed by atoms with Gasteiger partial charge in [0.2, 0.25) is 0 Å². The summed E-state index contributed by atoms with van der Waals surface area (Å²) in [5.41, 5.74) is 0.207. The van der Waals surface area contributed by atoms with Gasteiger partial charge in [0.1, 0.15) is 0 Å². The topological polar surface area (TPSA) is 57.5 Å². The summed E-state index contributed by atoms with van der Waals surface area (Å²) in [6.45, 7) is 14.5. The van der Waals surface area contributed by atoms with Gasteiger partial charge in [-0.3, -0.25) is 4.79 Å². The number of carbonyl (C=O) groups is 1. The highest BCUT2D eigenvalue weighted by Crippen LogP contribution is 2.73. The lowest BCUT2D eigenvalue weighted by Gasteiger charge is -2.69. The fourth-order valence-electron chi connectivity index (χ4n) is 11.4. The van der Waals surface area contributed by atoms with Crippen molar-refractivity contribution in [1.82, 2.24) is 0 Å². The monoisotopic (exact) mass is 444 g/mol. The highest BCUT2D eigenvalue weighted by atomic mass is 16.4. The summed E-state index contributed by atoms with van der Waals surface area (Å²) in [7, 11) is 0. The van der Waals surface area contributed by atoms with Crippen molar-refractivity contribution < 1.29 is 15.0 Å². The van der Waals surface area contributed by atoms with Crippen molar-refractivity contribution in [2.24, 2.45) is 63.1 Å². The van der Waals surface area contributed by atoms with Gasteiger partial charge in [-0.1, -0.05) is 41.5 Å². The maximum absolute atomic E-state index is 12.7. The molecular formula is C29H48O3. The molecule has 0 bridgehead atoms. The van der Waals surface area contributed by atoms with Crippen LogP contribution in [0.3, 0.4) is 0 Å². The number of aliphatic hydroxyl groups is 1. The molecule has 0 unspecified atom stereocenters. The van der Waals surface area contributed by atoms with Crippen molar-refractivity contribution in [2.45, 2.75) is 112 Å². The minimum Gasteiger partial charge on any atom is -0.481 e. The fourth-order valence-corrected chi connectivity index (χ4v) is 11.4. The smallest absolute Gasteiger partial charge is 0.309 e. The van der Waals surface area contributed by atoms with E-state index in [1.807, 2.05) is 0 Å². The first kappa shape index (κ1) is 23.2. The molecule has 2 N–H and O–H groups in total. The second kappa shape index (κ2) is 7.22. The summed E-state index contributed by atoms with van der Waals surface area (Å²) < 4.78 is 0. The summed E-state index contributed by atoms with van der Waals surface area (Å²) in [5, 5.41) is 21.3. The molecule has 5 aliphatic carbocycles. The van der Waals surface area contributed by atoms with E-state index >= 15 is 0 Å². The van der Waals surface area contributed by atoms with E-state index in [9.17, 15) is 15.0 Å². The standard InChI is InChI=1S/C29H48O3/c1-17(2)18-9-15-29(25(31)32)16-10-20-19(24(18)29)7-8-22-27(20,5)13-11-21-26(3,4)23(30)12-14-28(21,22)6/h17-24,30H,7-16H2,1-6H3,(H,31,32)/t18-,19-,20+,21-,22-,23+,24+,27-,28-,29-/m0/s1. The zero-order chi connectivity index (χ0) is 23.3. The van der Waals surface area contributed by atoms with E-state index in [0.29, 0.717) is 46.3 Å². The predicted octanol–water partition coefficient (Wildman–Crippen LogP) is 6.78. The van der Waals surface area contributed by atoms with Gasteiger partial charge in [0.25, 0.3) is 0 Å². The Balaban J connectivity index is 1.51. The molecule has 0 aromatic heterocycles. The minimum absolute atomic E-state index is 0.00436. The van der Waals surface area contributed by atoms with Crippen LogP contribution < -0.4 is 0 Å². The Morgan fingerprint density at radius 3 is 2.12 bits per heavy atom. The molecule has 0 aliphatic heterocycles. The number of hydrogen-bond acceptors (Lipinski definition) is 2. The molecule has 0 spiro atoms. The Morgan fingerprint density at radius 2 is 1.47 bits per heavy atom. The predicted molar refractivity (Wildman–Crippen MR) is 128 cm³/mol. The van der Waals surface area contributed by atoms with Crippen LogP contribution in [0.25, 0.3) is 0 Å². The molecule has 0 saturated heterocycles. The van der Waals surface area contributed by atoms with Gasteiger partial charge in [-0.25, -0.2) is 0 Å². The number of carboxylic acids is 1. The molecule has 0 heterocycles. The molecule has 0 aromatic rings. The van der Waals surface area contributed by atoms with Gasteiger partial charge in [-0.15, -0.1) is 0 Å². The van der Waals surface area contributed by atoms with Gasteiger partial charge in [-0.05, 0) is 122 Å². The van der Waals surface area contributed by atoms with Crippen LogP contribution in [0.5, 0.6) is 0 Å². The van der Waals surface area contributed by atoms with Crippen LogP contribution in [0.1, 0.15) is 106 Å². The summed E-state index contributed by atoms with van der Waals surface area (Å²) >= 11 is 0. The largest absolute Gasteiger partial charge is 0.481 e. The SMILES string of the molecule is CC(C)[C@@H]1CC[C@]2(C(=O)O)CC[C@@H]3[C@H](CC[C@H]4[C@@]3(C)CC[C@H]3C(C)(C)[C@H](O)CC[C@]43C)[C@@H]12. The molecule has 0 radical (unpaired) electrons. The summed E-state index contributed by atoms with van der Waals surface area (Å²) in [4.78, 5) is 12.7. The Morgan fingerprint density at radius 1 is 0.812 bits per heavy atom. The molecule has 10 atom stereocenters. The van der Waals surface area contributed by atoms with Crippen molar-refractivity contribution in [3.8, 4) is 0 Å². The molecule has 3 nitrogen and oxygen atoms in total. The van der Waals surface area contributed by atoms with Crippen LogP contribution in [0.2, 0.25) is 0 Å². The zero-order valence-electron chi connectivity index (χ0n) is 21.5. The first-order valence-corrected chi connectivity index (χ1v) is 13.8. The third kappa shape index (κ3) is 2.78. The number of carboxylic acid groups (broad SMARTS) is 1.